The Morgan fingerprint density at radius 2 is 2.04 bits per heavy atom. The van der Waals surface area contributed by atoms with Crippen LogP contribution in [0.2, 0.25) is 0 Å². The van der Waals surface area contributed by atoms with Crippen LogP contribution in [0.3, 0.4) is 0 Å². The molecule has 9 nitrogen and oxygen atoms in total. The Balaban J connectivity index is 2.94. The standard InChI is InChI=1S/C13H18BrN3O6/c1-13(2,3)23-12(21)15-7(11(20)22-4)6-17-8(10(18)19)5-9(14)16-17/h5,7H,6H2,1-4H3,(H,15,21)(H,18,19)/t7-/m0/s1. The maximum Gasteiger partial charge on any atom is 0.408 e. The van der Waals surface area contributed by atoms with Gasteiger partial charge >= 0.3 is 18.0 Å². The molecule has 0 unspecified atom stereocenters. The molecule has 2 N–H and O–H groups in total. The van der Waals surface area contributed by atoms with Crippen molar-refractivity contribution in [3.63, 3.8) is 0 Å². The van der Waals surface area contributed by atoms with Gasteiger partial charge in [0.15, 0.2) is 0 Å². The average Bonchev–Trinajstić information content (AvgIpc) is 2.76. The largest absolute Gasteiger partial charge is 0.477 e. The fraction of sp³-hybridized carbons (Fsp3) is 0.538. The molecule has 10 heteroatoms. The van der Waals surface area contributed by atoms with E-state index < -0.39 is 29.7 Å². The number of esters is 1. The normalized spacial score (nSPS) is 12.4. The van der Waals surface area contributed by atoms with Gasteiger partial charge in [-0.1, -0.05) is 0 Å². The van der Waals surface area contributed by atoms with Crippen molar-refractivity contribution < 1.29 is 29.0 Å². The quantitative estimate of drug-likeness (QED) is 0.727. The van der Waals surface area contributed by atoms with Crippen LogP contribution in [0.1, 0.15) is 31.3 Å². The predicted octanol–water partition coefficient (Wildman–Crippen LogP) is 1.41. The minimum absolute atomic E-state index is 0.142. The van der Waals surface area contributed by atoms with Crippen LogP contribution in [-0.4, -0.2) is 51.7 Å². The van der Waals surface area contributed by atoms with Gasteiger partial charge in [-0.25, -0.2) is 14.4 Å². The van der Waals surface area contributed by atoms with Crippen LogP contribution in [0.4, 0.5) is 4.79 Å². The first-order valence-electron chi connectivity index (χ1n) is 6.57. The molecule has 0 radical (unpaired) electrons. The van der Waals surface area contributed by atoms with Crippen LogP contribution in [0.25, 0.3) is 0 Å². The molecule has 0 aliphatic rings. The van der Waals surface area contributed by atoms with E-state index in [9.17, 15) is 14.4 Å². The van der Waals surface area contributed by atoms with Crippen molar-refractivity contribution >= 4 is 34.0 Å². The monoisotopic (exact) mass is 391 g/mol. The number of hydrogen-bond donors (Lipinski definition) is 2. The molecule has 1 amide bonds. The highest BCUT2D eigenvalue weighted by Crippen LogP contribution is 2.12. The molecule has 1 heterocycles. The van der Waals surface area contributed by atoms with Crippen LogP contribution >= 0.6 is 15.9 Å². The number of carbonyl (C=O) groups is 3. The summed E-state index contributed by atoms with van der Waals surface area (Å²) in [4.78, 5) is 34.8. The lowest BCUT2D eigenvalue weighted by molar-refractivity contribution is -0.143. The Labute approximate surface area is 141 Å². The molecule has 0 aliphatic carbocycles. The molecule has 23 heavy (non-hydrogen) atoms. The third-order valence-electron chi connectivity index (χ3n) is 2.50. The highest BCUT2D eigenvalue weighted by Gasteiger charge is 2.27. The SMILES string of the molecule is COC(=O)[C@H](Cn1nc(Br)cc1C(=O)O)NC(=O)OC(C)(C)C. The molecule has 1 atom stereocenters. The molecule has 0 fully saturated rings. The second-order valence-corrected chi connectivity index (χ2v) is 6.37. The van der Waals surface area contributed by atoms with Crippen molar-refractivity contribution in [3.8, 4) is 0 Å². The minimum atomic E-state index is -1.22. The van der Waals surface area contributed by atoms with Gasteiger partial charge in [-0.05, 0) is 36.7 Å². The Kier molecular flexibility index (Phi) is 6.13. The number of nitrogens with zero attached hydrogens (tertiary/aromatic N) is 2. The van der Waals surface area contributed by atoms with Gasteiger partial charge in [0.1, 0.15) is 21.9 Å². The van der Waals surface area contributed by atoms with Crippen molar-refractivity contribution in [2.75, 3.05) is 7.11 Å². The molecule has 128 valence electrons. The molecule has 0 spiro atoms. The van der Waals surface area contributed by atoms with E-state index >= 15 is 0 Å². The van der Waals surface area contributed by atoms with Gasteiger partial charge in [0, 0.05) is 6.07 Å². The summed E-state index contributed by atoms with van der Waals surface area (Å²) in [5.74, 6) is -1.97. The number of aromatic nitrogens is 2. The molecule has 1 aromatic rings. The Hall–Kier alpha value is -2.10. The fourth-order valence-electron chi connectivity index (χ4n) is 1.64. The zero-order chi connectivity index (χ0) is 17.8. The van der Waals surface area contributed by atoms with Gasteiger partial charge < -0.3 is 19.9 Å². The number of aromatic carboxylic acids is 1. The second-order valence-electron chi connectivity index (χ2n) is 5.56. The Morgan fingerprint density at radius 3 is 2.52 bits per heavy atom. The first kappa shape index (κ1) is 18.9. The highest BCUT2D eigenvalue weighted by molar-refractivity contribution is 9.10. The third kappa shape index (κ3) is 5.89. The van der Waals surface area contributed by atoms with E-state index in [1.165, 1.54) is 6.07 Å². The van der Waals surface area contributed by atoms with Crippen LogP contribution in [0.15, 0.2) is 10.7 Å². The molecule has 1 rings (SSSR count). The van der Waals surface area contributed by atoms with Crippen molar-refractivity contribution in [2.24, 2.45) is 0 Å². The maximum absolute atomic E-state index is 11.8. The number of carboxylic acids is 1. The van der Waals surface area contributed by atoms with Crippen LogP contribution < -0.4 is 5.32 Å². The molecular weight excluding hydrogens is 374 g/mol. The van der Waals surface area contributed by atoms with E-state index in [1.54, 1.807) is 20.8 Å². The molecule has 0 aromatic carbocycles. The second kappa shape index (κ2) is 7.44. The summed E-state index contributed by atoms with van der Waals surface area (Å²) in [6, 6.07) is 0.129. The first-order valence-corrected chi connectivity index (χ1v) is 7.36. The van der Waals surface area contributed by atoms with Crippen molar-refractivity contribution in [1.82, 2.24) is 15.1 Å². The van der Waals surface area contributed by atoms with E-state index in [2.05, 4.69) is 31.1 Å². The summed E-state index contributed by atoms with van der Waals surface area (Å²) < 4.78 is 11.0. The third-order valence-corrected chi connectivity index (χ3v) is 2.89. The number of carboxylic acid groups (broad SMARTS) is 1. The molecular formula is C13H18BrN3O6. The average molecular weight is 392 g/mol. The van der Waals surface area contributed by atoms with Gasteiger partial charge in [-0.3, -0.25) is 4.68 Å². The number of nitrogens with one attached hydrogen (secondary N) is 1. The summed E-state index contributed by atoms with van der Waals surface area (Å²) >= 11 is 3.06. The van der Waals surface area contributed by atoms with Gasteiger partial charge in [0.05, 0.1) is 13.7 Å². The molecule has 0 saturated carbocycles. The Bertz CT molecular complexity index is 607. The van der Waals surface area contributed by atoms with E-state index in [4.69, 9.17) is 9.84 Å². The van der Waals surface area contributed by atoms with Crippen molar-refractivity contribution in [2.45, 2.75) is 39.0 Å². The molecule has 0 saturated heterocycles. The summed E-state index contributed by atoms with van der Waals surface area (Å²) in [6.07, 6.45) is -0.823. The number of hydrogen-bond acceptors (Lipinski definition) is 6. The highest BCUT2D eigenvalue weighted by atomic mass is 79.9. The number of rotatable bonds is 5. The van der Waals surface area contributed by atoms with Gasteiger partial charge in [0.25, 0.3) is 0 Å². The van der Waals surface area contributed by atoms with Gasteiger partial charge in [-0.15, -0.1) is 0 Å². The number of amides is 1. The van der Waals surface area contributed by atoms with Crippen LogP contribution in [-0.2, 0) is 20.8 Å². The van der Waals surface area contributed by atoms with E-state index in [0.717, 1.165) is 11.8 Å². The lowest BCUT2D eigenvalue weighted by atomic mass is 10.2. The van der Waals surface area contributed by atoms with Crippen molar-refractivity contribution in [1.29, 1.82) is 0 Å². The van der Waals surface area contributed by atoms with Crippen molar-refractivity contribution in [3.05, 3.63) is 16.4 Å². The summed E-state index contributed by atoms with van der Waals surface area (Å²) in [7, 11) is 1.16. The summed E-state index contributed by atoms with van der Waals surface area (Å²) in [6.45, 7) is 4.80. The molecule has 0 bridgehead atoms. The zero-order valence-electron chi connectivity index (χ0n) is 13.1. The number of halogens is 1. The minimum Gasteiger partial charge on any atom is -0.477 e. The molecule has 0 aliphatic heterocycles. The summed E-state index contributed by atoms with van der Waals surface area (Å²) in [5.41, 5.74) is -0.886. The Morgan fingerprint density at radius 1 is 1.43 bits per heavy atom. The lowest BCUT2D eigenvalue weighted by Crippen LogP contribution is -2.46. The summed E-state index contributed by atoms with van der Waals surface area (Å²) in [5, 5.41) is 15.4. The van der Waals surface area contributed by atoms with E-state index in [0.29, 0.717) is 0 Å². The smallest absolute Gasteiger partial charge is 0.408 e. The zero-order valence-corrected chi connectivity index (χ0v) is 14.7. The van der Waals surface area contributed by atoms with Crippen LogP contribution in [0.5, 0.6) is 0 Å². The van der Waals surface area contributed by atoms with Gasteiger partial charge in [0.2, 0.25) is 0 Å². The fourth-order valence-corrected chi connectivity index (χ4v) is 2.05. The number of alkyl carbamates (subject to hydrolysis) is 1. The topological polar surface area (TPSA) is 120 Å². The number of methoxy groups -OCH3 is 1. The number of ether oxygens (including phenoxy) is 2. The maximum atomic E-state index is 11.8. The first-order chi connectivity index (χ1) is 10.5. The van der Waals surface area contributed by atoms with Gasteiger partial charge in [-0.2, -0.15) is 5.10 Å². The van der Waals surface area contributed by atoms with E-state index in [1.807, 2.05) is 0 Å². The lowest BCUT2D eigenvalue weighted by Gasteiger charge is -2.22. The van der Waals surface area contributed by atoms with E-state index in [-0.39, 0.29) is 16.8 Å². The van der Waals surface area contributed by atoms with Crippen LogP contribution in [0, 0.1) is 0 Å². The number of carbonyl (C=O) groups excluding carboxylic acids is 2. The molecule has 1 aromatic heterocycles. The predicted molar refractivity (Wildman–Crippen MR) is 82.1 cm³/mol.